The lowest BCUT2D eigenvalue weighted by Gasteiger charge is -2.16. The van der Waals surface area contributed by atoms with Crippen LogP contribution in [0.2, 0.25) is 5.02 Å². The number of hydrogen-bond donors (Lipinski definition) is 0. The molecule has 0 spiro atoms. The Balaban J connectivity index is 1.71. The Morgan fingerprint density at radius 3 is 2.65 bits per heavy atom. The fourth-order valence-corrected chi connectivity index (χ4v) is 5.78. The molecule has 0 unspecified atom stereocenters. The predicted octanol–water partition coefficient (Wildman–Crippen LogP) is 5.25. The number of fused-ring (bicyclic) bond motifs is 3. The highest BCUT2D eigenvalue weighted by Gasteiger charge is 2.32. The lowest BCUT2D eigenvalue weighted by molar-refractivity contribution is -0.117. The number of carbonyl (C=O) groups is 1. The molecular weight excluding hydrogens is 468 g/mol. The van der Waals surface area contributed by atoms with Gasteiger partial charge in [0.05, 0.1) is 10.6 Å². The highest BCUT2D eigenvalue weighted by atomic mass is 35.5. The molecule has 0 radical (unpaired) electrons. The lowest BCUT2D eigenvalue weighted by atomic mass is 9.98. The molecule has 0 aliphatic carbocycles. The molecule has 0 N–H and O–H groups in total. The summed E-state index contributed by atoms with van der Waals surface area (Å²) >= 11 is 7.81. The maximum Gasteiger partial charge on any atom is 0.163 e. The average molecular weight is 493 g/mol. The van der Waals surface area contributed by atoms with E-state index in [9.17, 15) is 4.79 Å². The zero-order chi connectivity index (χ0) is 23.8. The second-order valence-electron chi connectivity index (χ2n) is 8.74. The van der Waals surface area contributed by atoms with Gasteiger partial charge in [0.1, 0.15) is 22.7 Å². The molecule has 0 bridgehead atoms. The summed E-state index contributed by atoms with van der Waals surface area (Å²) in [5.41, 5.74) is 3.87. The van der Waals surface area contributed by atoms with Crippen molar-refractivity contribution in [2.45, 2.75) is 46.1 Å². The largest absolute Gasteiger partial charge is 0.381 e. The van der Waals surface area contributed by atoms with E-state index >= 15 is 0 Å². The Hall–Kier alpha value is -2.79. The molecule has 1 fully saturated rings. The Bertz CT molecular complexity index is 1340. The van der Waals surface area contributed by atoms with E-state index in [0.717, 1.165) is 64.2 Å². The maximum atomic E-state index is 12.1. The van der Waals surface area contributed by atoms with Crippen molar-refractivity contribution in [2.75, 3.05) is 13.2 Å². The fraction of sp³-hybridized carbons (Fsp3) is 0.385. The molecule has 6 nitrogen and oxygen atoms in total. The Morgan fingerprint density at radius 1 is 1.21 bits per heavy atom. The number of Topliss-reactive ketones (excluding diaryl/α,β-unsaturated/α-hetero) is 1. The quantitative estimate of drug-likeness (QED) is 0.468. The van der Waals surface area contributed by atoms with Crippen LogP contribution in [0.15, 0.2) is 29.3 Å². The number of aromatic nitrogens is 3. The van der Waals surface area contributed by atoms with Gasteiger partial charge in [-0.05, 0) is 51.3 Å². The Labute approximate surface area is 208 Å². The topological polar surface area (TPSA) is 69.4 Å². The summed E-state index contributed by atoms with van der Waals surface area (Å²) in [4.78, 5) is 18.3. The number of ether oxygens (including phenoxy) is 1. The monoisotopic (exact) mass is 492 g/mol. The second-order valence-corrected chi connectivity index (χ2v) is 10.2. The molecule has 2 aliphatic heterocycles. The van der Waals surface area contributed by atoms with Crippen molar-refractivity contribution in [1.82, 2.24) is 14.8 Å². The normalized spacial score (nSPS) is 17.8. The van der Waals surface area contributed by atoms with Gasteiger partial charge in [-0.15, -0.1) is 21.5 Å². The molecule has 0 amide bonds. The van der Waals surface area contributed by atoms with Crippen LogP contribution < -0.4 is 0 Å². The summed E-state index contributed by atoms with van der Waals surface area (Å²) in [6.07, 6.45) is 2.20. The number of benzene rings is 1. The van der Waals surface area contributed by atoms with Gasteiger partial charge in [-0.25, -0.2) is 0 Å². The van der Waals surface area contributed by atoms with E-state index in [4.69, 9.17) is 21.3 Å². The summed E-state index contributed by atoms with van der Waals surface area (Å²) in [6.45, 7) is 7.15. The number of aliphatic imine (C=N–C) groups is 1. The van der Waals surface area contributed by atoms with Crippen LogP contribution in [-0.4, -0.2) is 39.5 Å². The molecule has 34 heavy (non-hydrogen) atoms. The molecule has 5 rings (SSSR count). The first kappa shape index (κ1) is 23.0. The number of hydrogen-bond acceptors (Lipinski definition) is 6. The van der Waals surface area contributed by atoms with Gasteiger partial charge >= 0.3 is 0 Å². The highest BCUT2D eigenvalue weighted by Crippen LogP contribution is 2.39. The van der Waals surface area contributed by atoms with Crippen molar-refractivity contribution in [3.63, 3.8) is 0 Å². The third-order valence-electron chi connectivity index (χ3n) is 6.21. The number of ketones is 1. The van der Waals surface area contributed by atoms with Crippen molar-refractivity contribution >= 4 is 34.4 Å². The highest BCUT2D eigenvalue weighted by molar-refractivity contribution is 7.15. The van der Waals surface area contributed by atoms with Crippen LogP contribution >= 0.6 is 22.9 Å². The first-order valence-electron chi connectivity index (χ1n) is 11.4. The van der Waals surface area contributed by atoms with Crippen LogP contribution in [0.5, 0.6) is 0 Å². The molecule has 1 aromatic carbocycles. The van der Waals surface area contributed by atoms with E-state index in [1.54, 1.807) is 18.3 Å². The van der Waals surface area contributed by atoms with Crippen molar-refractivity contribution in [3.8, 4) is 16.8 Å². The molecular formula is C26H25ClN4O2S. The van der Waals surface area contributed by atoms with E-state index < -0.39 is 6.04 Å². The van der Waals surface area contributed by atoms with Gasteiger partial charge < -0.3 is 4.74 Å². The van der Waals surface area contributed by atoms with Crippen LogP contribution in [0.3, 0.4) is 0 Å². The maximum absolute atomic E-state index is 12.1. The van der Waals surface area contributed by atoms with Crippen molar-refractivity contribution in [2.24, 2.45) is 10.9 Å². The SMILES string of the molecule is CC(=O)C[C@@H]1N=C(c2ccc(Cl)cc2)c2c(sc(C#CC3CCOCC3)c2C)-n2c(C)nnc21. The second kappa shape index (κ2) is 9.46. The predicted molar refractivity (Wildman–Crippen MR) is 134 cm³/mol. The number of nitrogens with zero attached hydrogens (tertiary/aromatic N) is 4. The lowest BCUT2D eigenvalue weighted by Crippen LogP contribution is -2.13. The smallest absolute Gasteiger partial charge is 0.163 e. The molecule has 3 aromatic rings. The van der Waals surface area contributed by atoms with E-state index in [1.807, 2.05) is 35.8 Å². The number of rotatable bonds is 3. The summed E-state index contributed by atoms with van der Waals surface area (Å²) in [5.74, 6) is 8.79. The van der Waals surface area contributed by atoms with Crippen LogP contribution in [0.1, 0.15) is 65.4 Å². The zero-order valence-electron chi connectivity index (χ0n) is 19.4. The molecule has 4 heterocycles. The molecule has 8 heteroatoms. The minimum Gasteiger partial charge on any atom is -0.381 e. The van der Waals surface area contributed by atoms with E-state index in [0.29, 0.717) is 16.8 Å². The molecule has 1 saturated heterocycles. The third kappa shape index (κ3) is 4.34. The van der Waals surface area contributed by atoms with Crippen LogP contribution in [-0.2, 0) is 9.53 Å². The molecule has 1 atom stereocenters. The average Bonchev–Trinajstić information content (AvgIpc) is 3.31. The minimum atomic E-state index is -0.417. The standard InChI is InChI=1S/C26H25ClN4O2S/c1-15(32)14-21-25-30-29-17(3)31(25)26-23(24(28-21)19-5-7-20(27)8-6-19)16(2)22(34-26)9-4-18-10-12-33-13-11-18/h5-8,18,21H,10-14H2,1-3H3/t21-/m0/s1. The molecule has 2 aliphatic rings. The number of aryl methyl sites for hydroxylation is 1. The zero-order valence-corrected chi connectivity index (χ0v) is 21.0. The van der Waals surface area contributed by atoms with E-state index in [1.165, 1.54) is 0 Å². The van der Waals surface area contributed by atoms with Gasteiger partial charge in [0.15, 0.2) is 5.82 Å². The van der Waals surface area contributed by atoms with Crippen molar-refractivity contribution in [1.29, 1.82) is 0 Å². The first-order valence-corrected chi connectivity index (χ1v) is 12.6. The summed E-state index contributed by atoms with van der Waals surface area (Å²) < 4.78 is 7.52. The Morgan fingerprint density at radius 2 is 1.94 bits per heavy atom. The van der Waals surface area contributed by atoms with Gasteiger partial charge in [0, 0.05) is 41.7 Å². The number of thiophene rings is 1. The van der Waals surface area contributed by atoms with Gasteiger partial charge in [-0.3, -0.25) is 14.4 Å². The van der Waals surface area contributed by atoms with E-state index in [-0.39, 0.29) is 12.2 Å². The van der Waals surface area contributed by atoms with E-state index in [2.05, 4.69) is 29.0 Å². The summed E-state index contributed by atoms with van der Waals surface area (Å²) in [6, 6.07) is 7.25. The first-order chi connectivity index (χ1) is 16.4. The fourth-order valence-electron chi connectivity index (χ4n) is 4.42. The molecule has 174 valence electrons. The Kier molecular flexibility index (Phi) is 6.39. The minimum absolute atomic E-state index is 0.0569. The van der Waals surface area contributed by atoms with Crippen LogP contribution in [0, 0.1) is 31.6 Å². The molecule has 0 saturated carbocycles. The number of carbonyl (C=O) groups excluding carboxylic acids is 1. The third-order valence-corrected chi connectivity index (χ3v) is 7.65. The van der Waals surface area contributed by atoms with Crippen molar-refractivity contribution < 1.29 is 9.53 Å². The summed E-state index contributed by atoms with van der Waals surface area (Å²) in [5, 5.41) is 10.4. The van der Waals surface area contributed by atoms with Gasteiger partial charge in [0.2, 0.25) is 0 Å². The molecule has 2 aromatic heterocycles. The van der Waals surface area contributed by atoms with Gasteiger partial charge in [-0.1, -0.05) is 35.6 Å². The van der Waals surface area contributed by atoms with Crippen molar-refractivity contribution in [3.05, 3.63) is 62.5 Å². The van der Waals surface area contributed by atoms with Crippen LogP contribution in [0.4, 0.5) is 0 Å². The van der Waals surface area contributed by atoms with Gasteiger partial charge in [-0.2, -0.15) is 0 Å². The van der Waals surface area contributed by atoms with Gasteiger partial charge in [0.25, 0.3) is 0 Å². The summed E-state index contributed by atoms with van der Waals surface area (Å²) in [7, 11) is 0. The number of halogens is 1. The van der Waals surface area contributed by atoms with Crippen LogP contribution in [0.25, 0.3) is 5.00 Å².